The van der Waals surface area contributed by atoms with Gasteiger partial charge in [-0.15, -0.1) is 0 Å². The molecule has 0 spiro atoms. The van der Waals surface area contributed by atoms with Crippen LogP contribution in [0.3, 0.4) is 0 Å². The quantitative estimate of drug-likeness (QED) is 0.857. The fraction of sp³-hybridized carbons (Fsp3) is 0.444. The zero-order valence-corrected chi connectivity index (χ0v) is 14.1. The van der Waals surface area contributed by atoms with Gasteiger partial charge in [-0.3, -0.25) is 9.48 Å². The highest BCUT2D eigenvalue weighted by atomic mass is 16.8. The van der Waals surface area contributed by atoms with Crippen molar-refractivity contribution in [1.29, 1.82) is 0 Å². The molecular formula is C18H23N3O3. The van der Waals surface area contributed by atoms with E-state index in [4.69, 9.17) is 9.57 Å². The molecule has 0 bridgehead atoms. The largest absolute Gasteiger partial charge is 0.350 e. The van der Waals surface area contributed by atoms with Gasteiger partial charge >= 0.3 is 0 Å². The minimum absolute atomic E-state index is 0.264. The van der Waals surface area contributed by atoms with Crippen LogP contribution in [-0.2, 0) is 16.1 Å². The molecule has 1 atom stereocenters. The number of aryl methyl sites for hydroxylation is 2. The van der Waals surface area contributed by atoms with Gasteiger partial charge in [0.25, 0.3) is 5.91 Å². The van der Waals surface area contributed by atoms with E-state index in [1.807, 2.05) is 42.8 Å². The van der Waals surface area contributed by atoms with Crippen LogP contribution in [-0.4, -0.2) is 28.6 Å². The van der Waals surface area contributed by atoms with Gasteiger partial charge in [-0.1, -0.05) is 12.1 Å². The van der Waals surface area contributed by atoms with Crippen LogP contribution in [0.25, 0.3) is 0 Å². The number of amides is 1. The number of hydrogen-bond donors (Lipinski definition) is 1. The fourth-order valence-electron chi connectivity index (χ4n) is 2.80. The second-order valence-corrected chi connectivity index (χ2v) is 6.13. The number of rotatable bonds is 5. The predicted molar refractivity (Wildman–Crippen MR) is 89.4 cm³/mol. The molecule has 2 heterocycles. The van der Waals surface area contributed by atoms with Crippen molar-refractivity contribution in [1.82, 2.24) is 15.3 Å². The van der Waals surface area contributed by atoms with Gasteiger partial charge in [-0.05, 0) is 50.5 Å². The molecule has 1 aliphatic rings. The Morgan fingerprint density at radius 1 is 1.38 bits per heavy atom. The standard InChI is InChI=1S/C18H23N3O3/c1-13-10-14(2)21(19-13)12-15-6-5-7-16(11-15)18(22)20-24-17-8-3-4-9-23-17/h5-7,10-11,17H,3-4,8-9,12H2,1-2H3,(H,20,22)/t17-/m1/s1. The number of aromatic nitrogens is 2. The summed E-state index contributed by atoms with van der Waals surface area (Å²) in [5.41, 5.74) is 6.15. The maximum absolute atomic E-state index is 12.2. The van der Waals surface area contributed by atoms with Gasteiger partial charge in [0, 0.05) is 24.3 Å². The van der Waals surface area contributed by atoms with Crippen LogP contribution >= 0.6 is 0 Å². The monoisotopic (exact) mass is 329 g/mol. The Balaban J connectivity index is 1.61. The summed E-state index contributed by atoms with van der Waals surface area (Å²) in [7, 11) is 0. The molecule has 6 heteroatoms. The summed E-state index contributed by atoms with van der Waals surface area (Å²) < 4.78 is 7.36. The summed E-state index contributed by atoms with van der Waals surface area (Å²) in [6, 6.07) is 9.52. The van der Waals surface area contributed by atoms with Crippen LogP contribution in [0.5, 0.6) is 0 Å². The van der Waals surface area contributed by atoms with Crippen molar-refractivity contribution in [3.63, 3.8) is 0 Å². The van der Waals surface area contributed by atoms with E-state index < -0.39 is 0 Å². The van der Waals surface area contributed by atoms with Crippen molar-refractivity contribution in [3.8, 4) is 0 Å². The Morgan fingerprint density at radius 2 is 2.25 bits per heavy atom. The lowest BCUT2D eigenvalue weighted by atomic mass is 10.1. The highest BCUT2D eigenvalue weighted by Crippen LogP contribution is 2.13. The summed E-state index contributed by atoms with van der Waals surface area (Å²) in [6.45, 7) is 5.30. The molecule has 1 N–H and O–H groups in total. The second kappa shape index (κ2) is 7.59. The molecule has 0 aliphatic carbocycles. The highest BCUT2D eigenvalue weighted by Gasteiger charge is 2.16. The van der Waals surface area contributed by atoms with Gasteiger partial charge in [-0.25, -0.2) is 10.3 Å². The lowest BCUT2D eigenvalue weighted by Gasteiger charge is -2.22. The maximum atomic E-state index is 12.2. The van der Waals surface area contributed by atoms with Crippen LogP contribution in [0, 0.1) is 13.8 Å². The first kappa shape index (κ1) is 16.7. The maximum Gasteiger partial charge on any atom is 0.274 e. The molecule has 2 aromatic rings. The topological polar surface area (TPSA) is 65.4 Å². The van der Waals surface area contributed by atoms with Gasteiger partial charge in [0.2, 0.25) is 0 Å². The van der Waals surface area contributed by atoms with Crippen molar-refractivity contribution in [2.24, 2.45) is 0 Å². The summed E-state index contributed by atoms with van der Waals surface area (Å²) in [5, 5.41) is 4.45. The Kier molecular flexibility index (Phi) is 5.27. The van der Waals surface area contributed by atoms with E-state index in [1.54, 1.807) is 6.07 Å². The summed E-state index contributed by atoms with van der Waals surface area (Å²) in [5.74, 6) is -0.264. The zero-order chi connectivity index (χ0) is 16.9. The van der Waals surface area contributed by atoms with E-state index in [9.17, 15) is 4.79 Å². The molecule has 128 valence electrons. The molecule has 1 aromatic carbocycles. The third-order valence-corrected chi connectivity index (χ3v) is 4.05. The Labute approximate surface area is 141 Å². The van der Waals surface area contributed by atoms with Crippen LogP contribution in [0.4, 0.5) is 0 Å². The molecule has 1 amide bonds. The van der Waals surface area contributed by atoms with Crippen molar-refractivity contribution in [2.45, 2.75) is 45.9 Å². The average molecular weight is 329 g/mol. The van der Waals surface area contributed by atoms with E-state index in [2.05, 4.69) is 10.6 Å². The predicted octanol–water partition coefficient (Wildman–Crippen LogP) is 2.74. The van der Waals surface area contributed by atoms with Gasteiger partial charge in [0.15, 0.2) is 6.29 Å². The molecule has 1 fully saturated rings. The van der Waals surface area contributed by atoms with Gasteiger partial charge < -0.3 is 4.74 Å². The van der Waals surface area contributed by atoms with Crippen molar-refractivity contribution in [2.75, 3.05) is 6.61 Å². The highest BCUT2D eigenvalue weighted by molar-refractivity contribution is 5.93. The van der Waals surface area contributed by atoms with E-state index in [-0.39, 0.29) is 12.2 Å². The lowest BCUT2D eigenvalue weighted by Crippen LogP contribution is -2.33. The molecule has 1 aliphatic heterocycles. The lowest BCUT2D eigenvalue weighted by molar-refractivity contribution is -0.186. The zero-order valence-electron chi connectivity index (χ0n) is 14.1. The smallest absolute Gasteiger partial charge is 0.274 e. The minimum Gasteiger partial charge on any atom is -0.350 e. The number of nitrogens with one attached hydrogen (secondary N) is 1. The molecule has 0 saturated carbocycles. The second-order valence-electron chi connectivity index (χ2n) is 6.13. The molecule has 24 heavy (non-hydrogen) atoms. The normalized spacial score (nSPS) is 17.7. The van der Waals surface area contributed by atoms with E-state index >= 15 is 0 Å². The fourth-order valence-corrected chi connectivity index (χ4v) is 2.80. The number of carbonyl (C=O) groups excluding carboxylic acids is 1. The Bertz CT molecular complexity index is 705. The first-order valence-electron chi connectivity index (χ1n) is 8.29. The van der Waals surface area contributed by atoms with E-state index in [0.29, 0.717) is 18.7 Å². The minimum atomic E-state index is -0.347. The number of benzene rings is 1. The van der Waals surface area contributed by atoms with E-state index in [0.717, 1.165) is 36.2 Å². The Hall–Kier alpha value is -2.18. The molecule has 6 nitrogen and oxygen atoms in total. The SMILES string of the molecule is Cc1cc(C)n(Cc2cccc(C(=O)NO[C@@H]3CCCCO3)c2)n1. The molecule has 0 unspecified atom stereocenters. The Morgan fingerprint density at radius 3 is 2.96 bits per heavy atom. The number of hydrogen-bond acceptors (Lipinski definition) is 4. The first-order chi connectivity index (χ1) is 11.6. The summed E-state index contributed by atoms with van der Waals surface area (Å²) in [6.07, 6.45) is 2.56. The number of ether oxygens (including phenoxy) is 1. The van der Waals surface area contributed by atoms with Gasteiger partial charge in [0.05, 0.1) is 12.2 Å². The van der Waals surface area contributed by atoms with Crippen molar-refractivity contribution in [3.05, 3.63) is 52.8 Å². The number of nitrogens with zero attached hydrogens (tertiary/aromatic N) is 2. The molecule has 0 radical (unpaired) electrons. The third-order valence-electron chi connectivity index (χ3n) is 4.05. The average Bonchev–Trinajstić information content (AvgIpc) is 2.91. The van der Waals surface area contributed by atoms with Crippen LogP contribution in [0.1, 0.15) is 46.6 Å². The van der Waals surface area contributed by atoms with Crippen molar-refractivity contribution >= 4 is 5.91 Å². The molecular weight excluding hydrogens is 306 g/mol. The molecule has 1 aromatic heterocycles. The van der Waals surface area contributed by atoms with Gasteiger partial charge in [0.1, 0.15) is 0 Å². The third kappa shape index (κ3) is 4.21. The van der Waals surface area contributed by atoms with Crippen LogP contribution in [0.15, 0.2) is 30.3 Å². The summed E-state index contributed by atoms with van der Waals surface area (Å²) in [4.78, 5) is 17.6. The first-order valence-corrected chi connectivity index (χ1v) is 8.29. The summed E-state index contributed by atoms with van der Waals surface area (Å²) >= 11 is 0. The van der Waals surface area contributed by atoms with Crippen LogP contribution < -0.4 is 5.48 Å². The van der Waals surface area contributed by atoms with Crippen molar-refractivity contribution < 1.29 is 14.4 Å². The van der Waals surface area contributed by atoms with Crippen LogP contribution in [0.2, 0.25) is 0 Å². The molecule has 1 saturated heterocycles. The number of hydroxylamine groups is 1. The van der Waals surface area contributed by atoms with Gasteiger partial charge in [-0.2, -0.15) is 5.10 Å². The van der Waals surface area contributed by atoms with E-state index in [1.165, 1.54) is 0 Å². The molecule has 3 rings (SSSR count). The number of carbonyl (C=O) groups is 1.